The van der Waals surface area contributed by atoms with Gasteiger partial charge in [0.1, 0.15) is 11.7 Å². The molecule has 5 fully saturated rings. The van der Waals surface area contributed by atoms with Crippen molar-refractivity contribution < 1.29 is 19.4 Å². The van der Waals surface area contributed by atoms with Crippen LogP contribution in [-0.2, 0) is 14.3 Å². The second-order valence-corrected chi connectivity index (χ2v) is 17.0. The molecule has 0 aromatic carbocycles. The van der Waals surface area contributed by atoms with Crippen molar-refractivity contribution in [3.05, 3.63) is 11.6 Å². The summed E-state index contributed by atoms with van der Waals surface area (Å²) in [5.41, 5.74) is -1.49. The van der Waals surface area contributed by atoms with E-state index in [0.717, 1.165) is 83.6 Å². The molecule has 0 radical (unpaired) electrons. The molecular weight excluding hydrogens is 586 g/mol. The second-order valence-electron chi connectivity index (χ2n) is 17.0. The van der Waals surface area contributed by atoms with Crippen molar-refractivity contribution in [3.63, 3.8) is 0 Å². The maximum absolute atomic E-state index is 14.2. The number of carbonyl (C=O) groups is 2. The van der Waals surface area contributed by atoms with Crippen LogP contribution < -0.4 is 5.32 Å². The van der Waals surface area contributed by atoms with E-state index in [-0.39, 0.29) is 30.0 Å². The summed E-state index contributed by atoms with van der Waals surface area (Å²) >= 11 is 0. The number of allylic oxidation sites excluding steroid dienone is 1. The average Bonchev–Trinajstić information content (AvgIpc) is 3.79. The van der Waals surface area contributed by atoms with Gasteiger partial charge in [-0.25, -0.2) is 0 Å². The fraction of sp³-hybridized carbons (Fsp3) is 0.900. The molecule has 4 saturated carbocycles. The molecular formula is C40H67N3O4. The van der Waals surface area contributed by atoms with Crippen LogP contribution in [0.4, 0.5) is 0 Å². The maximum atomic E-state index is 14.2. The van der Waals surface area contributed by atoms with Crippen LogP contribution in [0.2, 0.25) is 0 Å². The van der Waals surface area contributed by atoms with E-state index < -0.39 is 22.2 Å². The van der Waals surface area contributed by atoms with Crippen molar-refractivity contribution in [3.8, 4) is 0 Å². The fourth-order valence-corrected chi connectivity index (χ4v) is 13.0. The summed E-state index contributed by atoms with van der Waals surface area (Å²) in [7, 11) is 0. The first-order valence-electron chi connectivity index (χ1n) is 19.9. The van der Waals surface area contributed by atoms with E-state index in [1.54, 1.807) is 0 Å². The minimum atomic E-state index is -1.16. The summed E-state index contributed by atoms with van der Waals surface area (Å²) < 4.78 is 7.55. The molecule has 266 valence electrons. The second kappa shape index (κ2) is 14.2. The highest BCUT2D eigenvalue weighted by Crippen LogP contribution is 2.84. The maximum Gasteiger partial charge on any atom is 0.315 e. The van der Waals surface area contributed by atoms with Gasteiger partial charge in [0.15, 0.2) is 0 Å². The third kappa shape index (κ3) is 5.42. The number of hydrogen-bond acceptors (Lipinski definition) is 6. The van der Waals surface area contributed by atoms with Crippen LogP contribution in [0.5, 0.6) is 0 Å². The number of nitrogens with one attached hydrogen (secondary N) is 1. The third-order valence-electron chi connectivity index (χ3n) is 15.1. The molecule has 2 N–H and O–H groups in total. The number of carbonyl (C=O) groups excluding carboxylic acids is 1. The van der Waals surface area contributed by atoms with Gasteiger partial charge in [-0.2, -0.15) is 0 Å². The number of nitrogens with zero attached hydrogens (tertiary/aromatic N) is 2. The summed E-state index contributed by atoms with van der Waals surface area (Å²) in [4.78, 5) is 33.1. The Labute approximate surface area is 286 Å². The zero-order chi connectivity index (χ0) is 33.6. The Kier molecular flexibility index (Phi) is 10.7. The van der Waals surface area contributed by atoms with Crippen LogP contribution >= 0.6 is 0 Å². The van der Waals surface area contributed by atoms with Crippen LogP contribution in [0.1, 0.15) is 106 Å². The van der Waals surface area contributed by atoms with Gasteiger partial charge in [-0.1, -0.05) is 91.7 Å². The van der Waals surface area contributed by atoms with Crippen molar-refractivity contribution >= 4 is 12.3 Å². The first-order valence-corrected chi connectivity index (χ1v) is 19.9. The Morgan fingerprint density at radius 3 is 2.38 bits per heavy atom. The number of fused-ring (bicyclic) bond motifs is 2. The van der Waals surface area contributed by atoms with Gasteiger partial charge in [-0.3, -0.25) is 9.69 Å². The zero-order valence-electron chi connectivity index (χ0n) is 30.6. The highest BCUT2D eigenvalue weighted by molar-refractivity contribution is 5.90. The quantitative estimate of drug-likeness (QED) is 0.112. The molecule has 1 aliphatic heterocycles. The van der Waals surface area contributed by atoms with Crippen LogP contribution in [0.3, 0.4) is 0 Å². The lowest BCUT2D eigenvalue weighted by molar-refractivity contribution is -0.197. The molecule has 5 aliphatic carbocycles. The predicted molar refractivity (Wildman–Crippen MR) is 188 cm³/mol. The minimum Gasteiger partial charge on any atom is -0.481 e. The standard InChI is InChI=1S/C40H67N3O4/c1-7-41-17-18-43(20-19-42(8-2)9-3)25-35-31(29-13-11-10-12-14-29)22-36(47-35)39-24-32-28(6)15-16-33(32)38(26-44)23-30(39)21-34(27(4)5)40(38,39)37(45)46/h21,26-33,35-36,41H,7-20,22-25H2,1-6H3,(H,45,46)/t28-,30?,31?,32-,33-,35?,36?,38?,39?,40?/m1/s1. The number of carboxylic acids is 1. The van der Waals surface area contributed by atoms with Gasteiger partial charge < -0.3 is 24.9 Å². The van der Waals surface area contributed by atoms with E-state index in [1.165, 1.54) is 38.4 Å². The molecule has 1 saturated heterocycles. The molecule has 0 aromatic rings. The Bertz CT molecular complexity index is 1150. The fourth-order valence-electron chi connectivity index (χ4n) is 13.0. The summed E-state index contributed by atoms with van der Waals surface area (Å²) in [6.45, 7) is 21.4. The van der Waals surface area contributed by atoms with E-state index in [2.05, 4.69) is 62.7 Å². The van der Waals surface area contributed by atoms with Crippen LogP contribution in [-0.4, -0.2) is 91.7 Å². The number of likely N-dealkylation sites (N-methyl/N-ethyl adjacent to an activating group) is 2. The third-order valence-corrected chi connectivity index (χ3v) is 15.1. The Balaban J connectivity index is 1.39. The molecule has 0 spiro atoms. The van der Waals surface area contributed by atoms with Crippen LogP contribution in [0, 0.1) is 57.7 Å². The average molecular weight is 654 g/mol. The van der Waals surface area contributed by atoms with Crippen LogP contribution in [0.25, 0.3) is 0 Å². The largest absolute Gasteiger partial charge is 0.481 e. The Morgan fingerprint density at radius 2 is 1.74 bits per heavy atom. The van der Waals surface area contributed by atoms with Gasteiger partial charge in [0.25, 0.3) is 0 Å². The predicted octanol–water partition coefficient (Wildman–Crippen LogP) is 6.52. The zero-order valence-corrected chi connectivity index (χ0v) is 30.6. The van der Waals surface area contributed by atoms with Crippen molar-refractivity contribution in [1.82, 2.24) is 15.1 Å². The molecule has 10 atom stereocenters. The molecule has 7 heteroatoms. The highest BCUT2D eigenvalue weighted by Gasteiger charge is 2.86. The smallest absolute Gasteiger partial charge is 0.315 e. The molecule has 7 unspecified atom stereocenters. The van der Waals surface area contributed by atoms with E-state index >= 15 is 0 Å². The monoisotopic (exact) mass is 654 g/mol. The Morgan fingerprint density at radius 1 is 1.02 bits per heavy atom. The van der Waals surface area contributed by atoms with Crippen molar-refractivity contribution in [2.45, 2.75) is 118 Å². The first-order chi connectivity index (χ1) is 22.6. The summed E-state index contributed by atoms with van der Waals surface area (Å²) in [6.07, 6.45) is 14.6. The lowest BCUT2D eigenvalue weighted by Crippen LogP contribution is -2.65. The molecule has 47 heavy (non-hydrogen) atoms. The minimum absolute atomic E-state index is 0.0958. The summed E-state index contributed by atoms with van der Waals surface area (Å²) in [5, 5.41) is 15.2. The molecule has 4 bridgehead atoms. The van der Waals surface area contributed by atoms with Gasteiger partial charge >= 0.3 is 5.97 Å². The lowest BCUT2D eigenvalue weighted by Gasteiger charge is -2.60. The normalized spacial score (nSPS) is 41.3. The van der Waals surface area contributed by atoms with Crippen LogP contribution in [0.15, 0.2) is 11.6 Å². The molecule has 1 heterocycles. The molecule has 6 rings (SSSR count). The van der Waals surface area contributed by atoms with E-state index in [1.807, 2.05) is 0 Å². The molecule has 6 aliphatic rings. The summed E-state index contributed by atoms with van der Waals surface area (Å²) in [5.74, 6) is 1.64. The van der Waals surface area contributed by atoms with Gasteiger partial charge in [0.2, 0.25) is 0 Å². The number of hydrogen-bond donors (Lipinski definition) is 2. The van der Waals surface area contributed by atoms with Crippen molar-refractivity contribution in [2.24, 2.45) is 57.7 Å². The van der Waals surface area contributed by atoms with Gasteiger partial charge in [0.05, 0.1) is 17.6 Å². The van der Waals surface area contributed by atoms with Gasteiger partial charge in [-0.15, -0.1) is 0 Å². The number of rotatable bonds is 16. The number of ether oxygens (including phenoxy) is 1. The van der Waals surface area contributed by atoms with E-state index in [0.29, 0.717) is 30.1 Å². The molecule has 0 aromatic heterocycles. The lowest BCUT2D eigenvalue weighted by atomic mass is 9.41. The highest BCUT2D eigenvalue weighted by atomic mass is 16.5. The number of aliphatic carboxylic acids is 1. The topological polar surface area (TPSA) is 82.1 Å². The molecule has 7 nitrogen and oxygen atoms in total. The van der Waals surface area contributed by atoms with Gasteiger partial charge in [0, 0.05) is 38.1 Å². The number of aldehydes is 1. The van der Waals surface area contributed by atoms with Crippen molar-refractivity contribution in [2.75, 3.05) is 52.4 Å². The first kappa shape index (κ1) is 35.5. The summed E-state index contributed by atoms with van der Waals surface area (Å²) in [6, 6.07) is 0. The van der Waals surface area contributed by atoms with E-state index in [4.69, 9.17) is 4.74 Å². The Hall–Kier alpha value is -1.28. The molecule has 0 amide bonds. The van der Waals surface area contributed by atoms with E-state index in [9.17, 15) is 14.7 Å². The number of carboxylic acid groups (broad SMARTS) is 1. The van der Waals surface area contributed by atoms with Gasteiger partial charge in [-0.05, 0) is 86.7 Å². The van der Waals surface area contributed by atoms with Crippen molar-refractivity contribution in [1.29, 1.82) is 0 Å². The SMILES string of the molecule is CCNCCN(CCN(CC)CC)CC1OC(C23C[C@@H]4[C@H](C)CC[C@H]4C4(C=O)CC2C=C(C(C)C)C34C(=O)O)CC1C1CCCCC1.